The molecular weight excluding hydrogens is 260 g/mol. The Kier molecular flexibility index (Phi) is 5.05. The second-order valence-corrected chi connectivity index (χ2v) is 5.37. The minimum absolute atomic E-state index is 0.289. The molecule has 0 amide bonds. The van der Waals surface area contributed by atoms with Crippen molar-refractivity contribution in [2.75, 3.05) is 37.6 Å². The van der Waals surface area contributed by atoms with Gasteiger partial charge in [-0.2, -0.15) is 0 Å². The molecule has 1 heterocycles. The van der Waals surface area contributed by atoms with Gasteiger partial charge in [-0.15, -0.1) is 0 Å². The standard InChI is InChI=1S/C14H21ClN4/c15-12-3-1-4-13(11-12)19-9-7-18(8-10-19)6-2-5-14(16)17/h1,3-4,11H,2,5-10H2,(H3,16,17). The minimum Gasteiger partial charge on any atom is -0.388 e. The first-order valence-corrected chi connectivity index (χ1v) is 7.09. The van der Waals surface area contributed by atoms with Crippen molar-refractivity contribution in [2.24, 2.45) is 5.73 Å². The molecule has 5 heteroatoms. The number of nitrogens with two attached hydrogens (primary N) is 1. The van der Waals surface area contributed by atoms with Crippen LogP contribution in [0.25, 0.3) is 0 Å². The van der Waals surface area contributed by atoms with Crippen molar-refractivity contribution in [2.45, 2.75) is 12.8 Å². The zero-order valence-electron chi connectivity index (χ0n) is 11.1. The molecule has 4 nitrogen and oxygen atoms in total. The number of halogens is 1. The maximum absolute atomic E-state index is 7.21. The summed E-state index contributed by atoms with van der Waals surface area (Å²) in [6.45, 7) is 5.21. The first-order chi connectivity index (χ1) is 9.15. The van der Waals surface area contributed by atoms with Crippen LogP contribution in [-0.4, -0.2) is 43.5 Å². The molecule has 1 fully saturated rings. The van der Waals surface area contributed by atoms with E-state index in [4.69, 9.17) is 22.7 Å². The summed E-state index contributed by atoms with van der Waals surface area (Å²) >= 11 is 6.02. The fourth-order valence-corrected chi connectivity index (χ4v) is 2.58. The highest BCUT2D eigenvalue weighted by molar-refractivity contribution is 6.30. The van der Waals surface area contributed by atoms with Crippen LogP contribution < -0.4 is 10.6 Å². The number of nitrogens with one attached hydrogen (secondary N) is 1. The largest absolute Gasteiger partial charge is 0.388 e. The lowest BCUT2D eigenvalue weighted by molar-refractivity contribution is 0.256. The molecule has 1 saturated heterocycles. The minimum atomic E-state index is 0.289. The number of nitrogens with zero attached hydrogens (tertiary/aromatic N) is 2. The number of anilines is 1. The molecule has 0 aromatic heterocycles. The van der Waals surface area contributed by atoms with E-state index < -0.39 is 0 Å². The van der Waals surface area contributed by atoms with Crippen LogP contribution in [0.3, 0.4) is 0 Å². The van der Waals surface area contributed by atoms with Crippen LogP contribution in [-0.2, 0) is 0 Å². The Morgan fingerprint density at radius 1 is 1.26 bits per heavy atom. The van der Waals surface area contributed by atoms with Gasteiger partial charge in [-0.1, -0.05) is 17.7 Å². The second kappa shape index (κ2) is 6.78. The quantitative estimate of drug-likeness (QED) is 0.642. The van der Waals surface area contributed by atoms with Gasteiger partial charge in [0.25, 0.3) is 0 Å². The van der Waals surface area contributed by atoms with Gasteiger partial charge in [0.05, 0.1) is 5.84 Å². The van der Waals surface area contributed by atoms with Gasteiger partial charge in [-0.25, -0.2) is 0 Å². The fraction of sp³-hybridized carbons (Fsp3) is 0.500. The summed E-state index contributed by atoms with van der Waals surface area (Å²) in [7, 11) is 0. The molecule has 1 aliphatic heterocycles. The van der Waals surface area contributed by atoms with E-state index in [1.165, 1.54) is 5.69 Å². The maximum atomic E-state index is 7.21. The molecule has 0 spiro atoms. The highest BCUT2D eigenvalue weighted by Gasteiger charge is 2.16. The molecule has 0 radical (unpaired) electrons. The van der Waals surface area contributed by atoms with Crippen molar-refractivity contribution in [3.63, 3.8) is 0 Å². The average Bonchev–Trinajstić information content (AvgIpc) is 2.39. The van der Waals surface area contributed by atoms with Crippen LogP contribution in [0.2, 0.25) is 5.02 Å². The van der Waals surface area contributed by atoms with Gasteiger partial charge in [0.2, 0.25) is 0 Å². The molecule has 0 atom stereocenters. The van der Waals surface area contributed by atoms with Crippen LogP contribution >= 0.6 is 11.6 Å². The zero-order chi connectivity index (χ0) is 13.7. The molecule has 2 rings (SSSR count). The molecule has 3 N–H and O–H groups in total. The molecule has 1 aromatic carbocycles. The predicted molar refractivity (Wildman–Crippen MR) is 81.3 cm³/mol. The summed E-state index contributed by atoms with van der Waals surface area (Å²) in [5, 5.41) is 8.01. The van der Waals surface area contributed by atoms with Crippen LogP contribution in [0.1, 0.15) is 12.8 Å². The lowest BCUT2D eigenvalue weighted by Gasteiger charge is -2.36. The van der Waals surface area contributed by atoms with E-state index in [2.05, 4.69) is 15.9 Å². The van der Waals surface area contributed by atoms with Crippen molar-refractivity contribution in [1.29, 1.82) is 5.41 Å². The van der Waals surface area contributed by atoms with Crippen LogP contribution in [0, 0.1) is 5.41 Å². The van der Waals surface area contributed by atoms with Gasteiger partial charge in [-0.05, 0) is 31.2 Å². The van der Waals surface area contributed by atoms with Crippen molar-refractivity contribution < 1.29 is 0 Å². The predicted octanol–water partition coefficient (Wildman–Crippen LogP) is 2.18. The van der Waals surface area contributed by atoms with Crippen LogP contribution in [0.15, 0.2) is 24.3 Å². The van der Waals surface area contributed by atoms with E-state index in [9.17, 15) is 0 Å². The lowest BCUT2D eigenvalue weighted by Crippen LogP contribution is -2.46. The Hall–Kier alpha value is -1.26. The Balaban J connectivity index is 1.77. The van der Waals surface area contributed by atoms with E-state index in [0.29, 0.717) is 6.42 Å². The van der Waals surface area contributed by atoms with Crippen molar-refractivity contribution >= 4 is 23.1 Å². The molecule has 0 saturated carbocycles. The zero-order valence-corrected chi connectivity index (χ0v) is 11.9. The molecule has 104 valence electrons. The average molecular weight is 281 g/mol. The smallest absolute Gasteiger partial charge is 0.0905 e. The number of hydrogen-bond donors (Lipinski definition) is 2. The van der Waals surface area contributed by atoms with Crippen LogP contribution in [0.5, 0.6) is 0 Å². The van der Waals surface area contributed by atoms with E-state index >= 15 is 0 Å². The van der Waals surface area contributed by atoms with Gasteiger partial charge in [0.15, 0.2) is 0 Å². The van der Waals surface area contributed by atoms with E-state index in [1.54, 1.807) is 0 Å². The second-order valence-electron chi connectivity index (χ2n) is 4.94. The van der Waals surface area contributed by atoms with E-state index in [1.807, 2.05) is 18.2 Å². The summed E-state index contributed by atoms with van der Waals surface area (Å²) in [6.07, 6.45) is 1.68. The maximum Gasteiger partial charge on any atom is 0.0905 e. The number of piperazine rings is 1. The first-order valence-electron chi connectivity index (χ1n) is 6.71. The Morgan fingerprint density at radius 3 is 2.63 bits per heavy atom. The van der Waals surface area contributed by atoms with Gasteiger partial charge in [-0.3, -0.25) is 10.3 Å². The highest BCUT2D eigenvalue weighted by Crippen LogP contribution is 2.20. The third-order valence-electron chi connectivity index (χ3n) is 3.47. The van der Waals surface area contributed by atoms with Gasteiger partial charge < -0.3 is 10.6 Å². The third-order valence-corrected chi connectivity index (χ3v) is 3.70. The molecule has 19 heavy (non-hydrogen) atoms. The van der Waals surface area contributed by atoms with Crippen molar-refractivity contribution in [3.8, 4) is 0 Å². The molecular formula is C14H21ClN4. The molecule has 0 bridgehead atoms. The molecule has 0 aliphatic carbocycles. The Bertz CT molecular complexity index is 427. The topological polar surface area (TPSA) is 56.4 Å². The Morgan fingerprint density at radius 2 is 2.00 bits per heavy atom. The molecule has 1 aliphatic rings. The summed E-state index contributed by atoms with van der Waals surface area (Å²) < 4.78 is 0. The summed E-state index contributed by atoms with van der Waals surface area (Å²) in [6, 6.07) is 8.03. The number of rotatable bonds is 5. The monoisotopic (exact) mass is 280 g/mol. The Labute approximate surface area is 119 Å². The first kappa shape index (κ1) is 14.2. The number of benzene rings is 1. The van der Waals surface area contributed by atoms with Gasteiger partial charge in [0, 0.05) is 43.3 Å². The van der Waals surface area contributed by atoms with E-state index in [-0.39, 0.29) is 5.84 Å². The fourth-order valence-electron chi connectivity index (χ4n) is 2.40. The summed E-state index contributed by atoms with van der Waals surface area (Å²) in [4.78, 5) is 4.80. The number of hydrogen-bond acceptors (Lipinski definition) is 3. The molecule has 0 unspecified atom stereocenters. The summed E-state index contributed by atoms with van der Waals surface area (Å²) in [5.41, 5.74) is 6.57. The highest BCUT2D eigenvalue weighted by atomic mass is 35.5. The van der Waals surface area contributed by atoms with Gasteiger partial charge >= 0.3 is 0 Å². The van der Waals surface area contributed by atoms with E-state index in [0.717, 1.165) is 44.2 Å². The normalized spacial score (nSPS) is 16.6. The van der Waals surface area contributed by atoms with Gasteiger partial charge in [0.1, 0.15) is 0 Å². The lowest BCUT2D eigenvalue weighted by atomic mass is 10.2. The third kappa shape index (κ3) is 4.40. The SMILES string of the molecule is N=C(N)CCCN1CCN(c2cccc(Cl)c2)CC1. The van der Waals surface area contributed by atoms with Crippen LogP contribution in [0.4, 0.5) is 5.69 Å². The number of amidine groups is 1. The summed E-state index contributed by atoms with van der Waals surface area (Å²) in [5.74, 6) is 0.289. The van der Waals surface area contributed by atoms with Crippen molar-refractivity contribution in [1.82, 2.24) is 4.90 Å². The van der Waals surface area contributed by atoms with Crippen molar-refractivity contribution in [3.05, 3.63) is 29.3 Å². The molecule has 1 aromatic rings.